The van der Waals surface area contributed by atoms with Crippen LogP contribution in [0, 0.1) is 0 Å². The first-order valence-electron chi connectivity index (χ1n) is 10.2. The Morgan fingerprint density at radius 1 is 0.697 bits per heavy atom. The zero-order valence-corrected chi connectivity index (χ0v) is 20.9. The van der Waals surface area contributed by atoms with Gasteiger partial charge in [0.2, 0.25) is 0 Å². The molecule has 12 nitrogen and oxygen atoms in total. The normalized spacial score (nSPS) is 16.5. The van der Waals surface area contributed by atoms with Gasteiger partial charge in [0.1, 0.15) is 0 Å². The number of carbonyl (C=O) groups is 4. The molecular formula is C18H37ClN6O6S2. The van der Waals surface area contributed by atoms with Gasteiger partial charge in [0.25, 0.3) is 0 Å². The number of ketones is 2. The molecule has 0 aromatic heterocycles. The number of halogens is 1. The van der Waals surface area contributed by atoms with E-state index < -0.39 is 58.2 Å². The summed E-state index contributed by atoms with van der Waals surface area (Å²) >= 11 is 0. The summed E-state index contributed by atoms with van der Waals surface area (Å²) in [5, 5.41) is 19.0. The van der Waals surface area contributed by atoms with Crippen molar-refractivity contribution >= 4 is 57.5 Å². The fourth-order valence-electron chi connectivity index (χ4n) is 2.69. The molecule has 0 aromatic rings. The van der Waals surface area contributed by atoms with Gasteiger partial charge in [-0.05, 0) is 38.8 Å². The maximum atomic E-state index is 12.5. The molecule has 14 N–H and O–H groups in total. The molecule has 15 heteroatoms. The second-order valence-electron chi connectivity index (χ2n) is 7.59. The molecule has 0 aliphatic carbocycles. The predicted molar refractivity (Wildman–Crippen MR) is 133 cm³/mol. The molecule has 0 rings (SSSR count). The predicted octanol–water partition coefficient (Wildman–Crippen LogP) is -1.60. The van der Waals surface area contributed by atoms with Crippen LogP contribution in [0.15, 0.2) is 0 Å². The number of hydrogen-bond donors (Lipinski definition) is 8. The van der Waals surface area contributed by atoms with Crippen molar-refractivity contribution in [3.8, 4) is 0 Å². The Labute approximate surface area is 207 Å². The third kappa shape index (κ3) is 10.4. The number of unbranched alkanes of at least 4 members (excludes halogenated alkanes) is 2. The van der Waals surface area contributed by atoms with Gasteiger partial charge in [0.05, 0.1) is 12.1 Å². The maximum absolute atomic E-state index is 12.5. The Morgan fingerprint density at radius 3 is 1.24 bits per heavy atom. The van der Waals surface area contributed by atoms with Gasteiger partial charge in [-0.25, -0.2) is 9.59 Å². The lowest BCUT2D eigenvalue weighted by atomic mass is 9.90. The summed E-state index contributed by atoms with van der Waals surface area (Å²) in [5.74, 6) is -5.60. The van der Waals surface area contributed by atoms with Gasteiger partial charge in [-0.3, -0.25) is 9.59 Å². The number of carboxylic acids is 2. The van der Waals surface area contributed by atoms with Crippen LogP contribution in [0.3, 0.4) is 0 Å². The number of Topliss-reactive ketones (excluding diaryl/α,β-unsaturated/α-hetero) is 2. The molecule has 0 aliphatic rings. The van der Waals surface area contributed by atoms with Crippen molar-refractivity contribution in [1.82, 2.24) is 0 Å². The Hall–Kier alpha value is -0.970. The highest BCUT2D eigenvalue weighted by Gasteiger charge is 2.46. The molecule has 0 aliphatic heterocycles. The van der Waals surface area contributed by atoms with E-state index in [9.17, 15) is 29.4 Å². The topological polar surface area (TPSA) is 265 Å². The van der Waals surface area contributed by atoms with Crippen LogP contribution in [-0.4, -0.2) is 81.5 Å². The number of nitrogens with two attached hydrogens (primary N) is 6. The van der Waals surface area contributed by atoms with Gasteiger partial charge in [0, 0.05) is 11.5 Å². The number of hydrogen-bond acceptors (Lipinski definition) is 12. The maximum Gasteiger partial charge on any atom is 0.332 e. The van der Waals surface area contributed by atoms with Crippen LogP contribution in [0.5, 0.6) is 0 Å². The van der Waals surface area contributed by atoms with E-state index >= 15 is 0 Å². The highest BCUT2D eigenvalue weighted by atomic mass is 35.5. The van der Waals surface area contributed by atoms with E-state index in [4.69, 9.17) is 34.4 Å². The van der Waals surface area contributed by atoms with Gasteiger partial charge in [-0.2, -0.15) is 0 Å². The molecule has 0 bridgehead atoms. The van der Waals surface area contributed by atoms with Crippen LogP contribution in [0.2, 0.25) is 0 Å². The van der Waals surface area contributed by atoms with Crippen LogP contribution >= 0.6 is 34.0 Å². The summed E-state index contributed by atoms with van der Waals surface area (Å²) in [6.07, 6.45) is 2.83. The second-order valence-corrected chi connectivity index (χ2v) is 10.1. The van der Waals surface area contributed by atoms with Crippen LogP contribution in [-0.2, 0) is 19.2 Å². The fourth-order valence-corrected chi connectivity index (χ4v) is 5.37. The average Bonchev–Trinajstić information content (AvgIpc) is 2.74. The van der Waals surface area contributed by atoms with E-state index in [0.717, 1.165) is 21.6 Å². The Morgan fingerprint density at radius 2 is 1.00 bits per heavy atom. The zero-order chi connectivity index (χ0) is 24.9. The van der Waals surface area contributed by atoms with Gasteiger partial charge < -0.3 is 44.6 Å². The van der Waals surface area contributed by atoms with Crippen molar-refractivity contribution in [3.63, 3.8) is 0 Å². The average molecular weight is 533 g/mol. The second kappa shape index (κ2) is 16.6. The summed E-state index contributed by atoms with van der Waals surface area (Å²) < 4.78 is 0. The summed E-state index contributed by atoms with van der Waals surface area (Å²) in [4.78, 5) is 48.4. The molecule has 0 unspecified atom stereocenters. The van der Waals surface area contributed by atoms with Crippen LogP contribution in [0.4, 0.5) is 0 Å². The summed E-state index contributed by atoms with van der Waals surface area (Å²) in [5.41, 5.74) is 29.5. The number of carbonyl (C=O) groups excluding carboxylic acids is 2. The first-order valence-corrected chi connectivity index (χ1v) is 12.7. The Bertz CT molecular complexity index is 610. The molecule has 0 fully saturated rings. The standard InChI is InChI=1S/C18H36N6O6S2.ClH/c19-7-3-1-5-11(21)13(25)17(23,15(27)28)9-31-32-10-18(24,16(29)30)14(26)12(22)6-2-4-8-20;/h11-12H,1-10,19-24H2,(H,27,28)(H,29,30);1H/t11-,12-,17+,18+;/m0./s1. The van der Waals surface area contributed by atoms with Gasteiger partial charge in [-0.15, -0.1) is 12.4 Å². The van der Waals surface area contributed by atoms with Gasteiger partial charge >= 0.3 is 11.9 Å². The molecule has 0 saturated heterocycles. The molecule has 0 radical (unpaired) electrons. The van der Waals surface area contributed by atoms with Crippen molar-refractivity contribution in [2.24, 2.45) is 34.4 Å². The lowest BCUT2D eigenvalue weighted by Gasteiger charge is -2.28. The smallest absolute Gasteiger partial charge is 0.332 e. The first-order chi connectivity index (χ1) is 14.9. The van der Waals surface area contributed by atoms with Crippen molar-refractivity contribution < 1.29 is 29.4 Å². The van der Waals surface area contributed by atoms with E-state index in [2.05, 4.69) is 0 Å². The van der Waals surface area contributed by atoms with E-state index in [1.54, 1.807) is 0 Å². The SMILES string of the molecule is Cl.NCCCC[C@H](N)C(=O)[C@](N)(CSSC[C@](N)(C(=O)O)C(=O)[C@@H](N)CCCCN)C(=O)O. The number of rotatable bonds is 19. The molecule has 0 saturated carbocycles. The van der Waals surface area contributed by atoms with Crippen molar-refractivity contribution in [2.75, 3.05) is 24.6 Å². The first kappa shape index (κ1) is 34.2. The van der Waals surface area contributed by atoms with E-state index in [-0.39, 0.29) is 25.2 Å². The van der Waals surface area contributed by atoms with E-state index in [0.29, 0.717) is 38.8 Å². The van der Waals surface area contributed by atoms with E-state index in [1.807, 2.05) is 0 Å². The summed E-state index contributed by atoms with van der Waals surface area (Å²) in [6.45, 7) is 0.833. The fraction of sp³-hybridized carbons (Fsp3) is 0.778. The number of aliphatic carboxylic acids is 2. The lowest BCUT2D eigenvalue weighted by molar-refractivity contribution is -0.149. The highest BCUT2D eigenvalue weighted by Crippen LogP contribution is 2.30. The highest BCUT2D eigenvalue weighted by molar-refractivity contribution is 8.76. The molecule has 4 atom stereocenters. The molecule has 33 heavy (non-hydrogen) atoms. The summed E-state index contributed by atoms with van der Waals surface area (Å²) in [6, 6.07) is -2.15. The lowest BCUT2D eigenvalue weighted by Crippen LogP contribution is -2.62. The Balaban J connectivity index is 0. The third-order valence-corrected chi connectivity index (χ3v) is 7.43. The number of carboxylic acid groups (broad SMARTS) is 2. The van der Waals surface area contributed by atoms with E-state index in [1.165, 1.54) is 0 Å². The Kier molecular flexibility index (Phi) is 17.2. The van der Waals surface area contributed by atoms with Crippen LogP contribution in [0.25, 0.3) is 0 Å². The molecular weight excluding hydrogens is 496 g/mol. The monoisotopic (exact) mass is 532 g/mol. The van der Waals surface area contributed by atoms with Gasteiger partial charge in [0.15, 0.2) is 22.6 Å². The van der Waals surface area contributed by atoms with Crippen LogP contribution in [0.1, 0.15) is 38.5 Å². The molecule has 0 spiro atoms. The molecule has 0 aromatic carbocycles. The van der Waals surface area contributed by atoms with Crippen molar-refractivity contribution in [2.45, 2.75) is 61.7 Å². The quantitative estimate of drug-likeness (QED) is 0.0529. The minimum absolute atomic E-state index is 0. The zero-order valence-electron chi connectivity index (χ0n) is 18.4. The minimum atomic E-state index is -2.27. The summed E-state index contributed by atoms with van der Waals surface area (Å²) in [7, 11) is 1.64. The van der Waals surface area contributed by atoms with Crippen LogP contribution < -0.4 is 34.4 Å². The minimum Gasteiger partial charge on any atom is -0.480 e. The molecule has 194 valence electrons. The largest absolute Gasteiger partial charge is 0.480 e. The molecule has 0 amide bonds. The third-order valence-electron chi connectivity index (χ3n) is 4.91. The molecule has 0 heterocycles. The van der Waals surface area contributed by atoms with Crippen molar-refractivity contribution in [3.05, 3.63) is 0 Å². The van der Waals surface area contributed by atoms with Gasteiger partial charge in [-0.1, -0.05) is 34.4 Å². The van der Waals surface area contributed by atoms with Crippen molar-refractivity contribution in [1.29, 1.82) is 0 Å².